The summed E-state index contributed by atoms with van der Waals surface area (Å²) in [5.41, 5.74) is 0.455. The number of benzene rings is 1. The van der Waals surface area contributed by atoms with Gasteiger partial charge in [-0.25, -0.2) is 13.1 Å². The number of hydrogen-bond acceptors (Lipinski definition) is 5. The van der Waals surface area contributed by atoms with Crippen molar-refractivity contribution in [3.8, 4) is 0 Å². The lowest BCUT2D eigenvalue weighted by Crippen LogP contribution is -2.36. The van der Waals surface area contributed by atoms with Crippen molar-refractivity contribution in [1.29, 1.82) is 0 Å². The van der Waals surface area contributed by atoms with Crippen molar-refractivity contribution in [2.45, 2.75) is 38.0 Å². The van der Waals surface area contributed by atoms with Crippen molar-refractivity contribution in [2.75, 3.05) is 32.7 Å². The largest absolute Gasteiger partial charge is 0.356 e. The van der Waals surface area contributed by atoms with E-state index in [1.54, 1.807) is 0 Å². The Morgan fingerprint density at radius 3 is 2.37 bits per heavy atom. The van der Waals surface area contributed by atoms with Crippen LogP contribution in [0.3, 0.4) is 0 Å². The fourth-order valence-corrected chi connectivity index (χ4v) is 4.13. The lowest BCUT2D eigenvalue weighted by Gasteiger charge is -2.20. The van der Waals surface area contributed by atoms with Gasteiger partial charge in [0.1, 0.15) is 0 Å². The number of ketones is 1. The molecule has 0 aromatic heterocycles. The third kappa shape index (κ3) is 7.04. The fourth-order valence-electron chi connectivity index (χ4n) is 3.10. The smallest absolute Gasteiger partial charge is 0.240 e. The quantitative estimate of drug-likeness (QED) is 0.584. The molecule has 0 aliphatic carbocycles. The Morgan fingerprint density at radius 1 is 1.15 bits per heavy atom. The summed E-state index contributed by atoms with van der Waals surface area (Å²) < 4.78 is 26.9. The van der Waals surface area contributed by atoms with E-state index < -0.39 is 10.0 Å². The van der Waals surface area contributed by atoms with Crippen LogP contribution in [0, 0.1) is 5.92 Å². The summed E-state index contributed by atoms with van der Waals surface area (Å²) in [7, 11) is -3.69. The van der Waals surface area contributed by atoms with Gasteiger partial charge in [-0.15, -0.1) is 0 Å². The van der Waals surface area contributed by atoms with Gasteiger partial charge >= 0.3 is 0 Å². The van der Waals surface area contributed by atoms with Gasteiger partial charge in [0.05, 0.1) is 4.90 Å². The monoisotopic (exact) mass is 395 g/mol. The second-order valence-corrected chi connectivity index (χ2v) is 8.91. The zero-order chi connectivity index (χ0) is 19.9. The number of carbonyl (C=O) groups is 2. The first-order chi connectivity index (χ1) is 12.8. The molecule has 8 heteroatoms. The first-order valence-corrected chi connectivity index (χ1v) is 10.9. The number of hydrogen-bond donors (Lipinski definition) is 2. The number of likely N-dealkylation sites (tertiary alicyclic amines) is 1. The summed E-state index contributed by atoms with van der Waals surface area (Å²) >= 11 is 0. The van der Waals surface area contributed by atoms with Crippen LogP contribution in [-0.2, 0) is 14.8 Å². The van der Waals surface area contributed by atoms with Crippen LogP contribution in [0.15, 0.2) is 29.2 Å². The van der Waals surface area contributed by atoms with Crippen LogP contribution in [0.25, 0.3) is 0 Å². The number of nitrogens with one attached hydrogen (secondary N) is 2. The lowest BCUT2D eigenvalue weighted by molar-refractivity contribution is -0.121. The van der Waals surface area contributed by atoms with E-state index in [4.69, 9.17) is 0 Å². The van der Waals surface area contributed by atoms with Gasteiger partial charge in [0.15, 0.2) is 5.78 Å². The van der Waals surface area contributed by atoms with Crippen molar-refractivity contribution in [3.05, 3.63) is 29.8 Å². The molecule has 0 spiro atoms. The second-order valence-electron chi connectivity index (χ2n) is 7.15. The highest BCUT2D eigenvalue weighted by atomic mass is 32.2. The third-order valence-corrected chi connectivity index (χ3v) is 6.11. The predicted octanol–water partition coefficient (Wildman–Crippen LogP) is 1.41. The topological polar surface area (TPSA) is 95.6 Å². The molecule has 1 aromatic carbocycles. The number of carbonyl (C=O) groups excluding carboxylic acids is 2. The summed E-state index contributed by atoms with van der Waals surface area (Å²) in [5.74, 6) is 0.0731. The van der Waals surface area contributed by atoms with Crippen LogP contribution in [0.4, 0.5) is 0 Å². The molecule has 1 fully saturated rings. The molecule has 1 heterocycles. The minimum Gasteiger partial charge on any atom is -0.356 e. The van der Waals surface area contributed by atoms with Crippen LogP contribution < -0.4 is 10.0 Å². The fraction of sp³-hybridized carbons (Fsp3) is 0.579. The van der Waals surface area contributed by atoms with Crippen molar-refractivity contribution >= 4 is 21.7 Å². The van der Waals surface area contributed by atoms with Gasteiger partial charge in [-0.2, -0.15) is 0 Å². The van der Waals surface area contributed by atoms with Gasteiger partial charge in [0.2, 0.25) is 15.9 Å². The summed E-state index contributed by atoms with van der Waals surface area (Å²) in [5, 5.41) is 2.86. The highest BCUT2D eigenvalue weighted by molar-refractivity contribution is 7.89. The first kappa shape index (κ1) is 21.5. The molecule has 1 aliphatic rings. The molecule has 1 aromatic rings. The van der Waals surface area contributed by atoms with E-state index in [0.717, 1.165) is 19.6 Å². The maximum absolute atomic E-state index is 12.2. The van der Waals surface area contributed by atoms with Gasteiger partial charge in [-0.3, -0.25) is 9.59 Å². The second kappa shape index (κ2) is 9.96. The minimum absolute atomic E-state index is 0.0309. The molecular formula is C19H29N3O4S. The van der Waals surface area contributed by atoms with E-state index in [9.17, 15) is 18.0 Å². The van der Waals surface area contributed by atoms with Crippen LogP contribution in [0.2, 0.25) is 0 Å². The average Bonchev–Trinajstić information content (AvgIpc) is 3.13. The molecule has 0 radical (unpaired) electrons. The van der Waals surface area contributed by atoms with Crippen molar-refractivity contribution < 1.29 is 18.0 Å². The molecule has 1 atom stereocenters. The lowest BCUT2D eigenvalue weighted by atomic mass is 10.1. The molecule has 1 saturated heterocycles. The summed E-state index contributed by atoms with van der Waals surface area (Å²) in [6.45, 7) is 7.39. The number of Topliss-reactive ketones (excluding diaryl/α,β-unsaturated/α-hetero) is 1. The summed E-state index contributed by atoms with van der Waals surface area (Å²) in [4.78, 5) is 25.7. The number of sulfonamides is 1. The molecule has 2 rings (SSSR count). The maximum Gasteiger partial charge on any atom is 0.240 e. The van der Waals surface area contributed by atoms with Gasteiger partial charge in [0, 0.05) is 31.6 Å². The Bertz CT molecular complexity index is 741. The molecule has 1 unspecified atom stereocenters. The zero-order valence-corrected chi connectivity index (χ0v) is 16.8. The van der Waals surface area contributed by atoms with Crippen molar-refractivity contribution in [3.63, 3.8) is 0 Å². The van der Waals surface area contributed by atoms with Gasteiger partial charge in [0.25, 0.3) is 0 Å². The highest BCUT2D eigenvalue weighted by Gasteiger charge is 2.16. The Balaban J connectivity index is 1.70. The Morgan fingerprint density at radius 2 is 1.78 bits per heavy atom. The number of amides is 1. The average molecular weight is 396 g/mol. The van der Waals surface area contributed by atoms with E-state index in [1.807, 2.05) is 0 Å². The number of rotatable bonds is 10. The molecular weight excluding hydrogens is 366 g/mol. The maximum atomic E-state index is 12.2. The van der Waals surface area contributed by atoms with Gasteiger partial charge in [-0.1, -0.05) is 19.1 Å². The summed E-state index contributed by atoms with van der Waals surface area (Å²) in [6.07, 6.45) is 2.58. The van der Waals surface area contributed by atoms with Crippen LogP contribution in [0.5, 0.6) is 0 Å². The standard InChI is InChI=1S/C19H29N3O4S/c1-15(14-22-11-3-4-12-22)13-20-19(24)9-10-21-27(25,26)18-7-5-17(6-8-18)16(2)23/h5-8,15,21H,3-4,9-14H2,1-2H3,(H,20,24). The highest BCUT2D eigenvalue weighted by Crippen LogP contribution is 2.11. The van der Waals surface area contributed by atoms with E-state index in [2.05, 4.69) is 21.9 Å². The van der Waals surface area contributed by atoms with Crippen molar-refractivity contribution in [2.24, 2.45) is 5.92 Å². The Hall–Kier alpha value is -1.77. The normalized spacial score (nSPS) is 16.2. The Labute approximate surface area is 161 Å². The van der Waals surface area contributed by atoms with E-state index in [0.29, 0.717) is 18.0 Å². The molecule has 2 N–H and O–H groups in total. The number of nitrogens with zero attached hydrogens (tertiary/aromatic N) is 1. The third-order valence-electron chi connectivity index (χ3n) is 4.63. The molecule has 0 saturated carbocycles. The molecule has 0 bridgehead atoms. The molecule has 7 nitrogen and oxygen atoms in total. The molecule has 1 aliphatic heterocycles. The molecule has 1 amide bonds. The van der Waals surface area contributed by atoms with Crippen LogP contribution >= 0.6 is 0 Å². The van der Waals surface area contributed by atoms with Gasteiger partial charge < -0.3 is 10.2 Å². The van der Waals surface area contributed by atoms with E-state index in [1.165, 1.54) is 44.0 Å². The Kier molecular flexibility index (Phi) is 7.94. The van der Waals surface area contributed by atoms with Crippen LogP contribution in [0.1, 0.15) is 43.5 Å². The van der Waals surface area contributed by atoms with Crippen molar-refractivity contribution in [1.82, 2.24) is 14.9 Å². The van der Waals surface area contributed by atoms with Crippen LogP contribution in [-0.4, -0.2) is 57.7 Å². The summed E-state index contributed by atoms with van der Waals surface area (Å²) in [6, 6.07) is 5.73. The molecule has 27 heavy (non-hydrogen) atoms. The SMILES string of the molecule is CC(=O)c1ccc(S(=O)(=O)NCCC(=O)NCC(C)CN2CCCC2)cc1. The van der Waals surface area contributed by atoms with E-state index in [-0.39, 0.29) is 29.6 Å². The first-order valence-electron chi connectivity index (χ1n) is 9.37. The van der Waals surface area contributed by atoms with E-state index >= 15 is 0 Å². The minimum atomic E-state index is -3.69. The molecule has 150 valence electrons. The zero-order valence-electron chi connectivity index (χ0n) is 16.0. The predicted molar refractivity (Wildman–Crippen MR) is 104 cm³/mol. The van der Waals surface area contributed by atoms with Gasteiger partial charge in [-0.05, 0) is 50.9 Å².